The van der Waals surface area contributed by atoms with Gasteiger partial charge in [0.25, 0.3) is 0 Å². The van der Waals surface area contributed by atoms with Crippen molar-refractivity contribution in [2.24, 2.45) is 5.41 Å². The van der Waals surface area contributed by atoms with Gasteiger partial charge >= 0.3 is 0 Å². The highest BCUT2D eigenvalue weighted by molar-refractivity contribution is 9.09. The van der Waals surface area contributed by atoms with E-state index >= 15 is 0 Å². The molecular formula is C16H20BrFO. The Morgan fingerprint density at radius 1 is 1.26 bits per heavy atom. The molecule has 0 saturated heterocycles. The van der Waals surface area contributed by atoms with Crippen LogP contribution in [0.1, 0.15) is 44.1 Å². The monoisotopic (exact) mass is 326 g/mol. The Hall–Kier alpha value is -0.570. The Balaban J connectivity index is 1.78. The highest BCUT2D eigenvalue weighted by atomic mass is 79.9. The molecule has 1 aromatic carbocycles. The van der Waals surface area contributed by atoms with Crippen molar-refractivity contribution in [3.05, 3.63) is 29.6 Å². The van der Waals surface area contributed by atoms with Gasteiger partial charge in [0.2, 0.25) is 0 Å². The van der Waals surface area contributed by atoms with Gasteiger partial charge in [0.05, 0.1) is 0 Å². The van der Waals surface area contributed by atoms with Crippen molar-refractivity contribution in [1.29, 1.82) is 0 Å². The third-order valence-electron chi connectivity index (χ3n) is 4.90. The Kier molecular flexibility index (Phi) is 3.59. The molecule has 2 aliphatic rings. The lowest BCUT2D eigenvalue weighted by Crippen LogP contribution is -2.57. The van der Waals surface area contributed by atoms with Gasteiger partial charge in [-0.2, -0.15) is 0 Å². The fourth-order valence-corrected chi connectivity index (χ4v) is 4.67. The van der Waals surface area contributed by atoms with Crippen LogP contribution in [0.25, 0.3) is 0 Å². The van der Waals surface area contributed by atoms with E-state index in [9.17, 15) is 4.39 Å². The van der Waals surface area contributed by atoms with E-state index in [1.807, 2.05) is 6.07 Å². The molecule has 0 bridgehead atoms. The van der Waals surface area contributed by atoms with Crippen molar-refractivity contribution >= 4 is 15.9 Å². The molecule has 3 heteroatoms. The first kappa shape index (κ1) is 13.4. The molecule has 1 nitrogen and oxygen atoms in total. The van der Waals surface area contributed by atoms with Crippen LogP contribution in [0.4, 0.5) is 4.39 Å². The molecule has 19 heavy (non-hydrogen) atoms. The minimum Gasteiger partial charge on any atom is -0.487 e. The predicted octanol–water partition coefficient (Wildman–Crippen LogP) is 5.00. The first-order valence-electron chi connectivity index (χ1n) is 7.19. The second-order valence-electron chi connectivity index (χ2n) is 5.99. The molecule has 0 aliphatic heterocycles. The molecule has 2 fully saturated rings. The van der Waals surface area contributed by atoms with E-state index in [0.29, 0.717) is 16.1 Å². The van der Waals surface area contributed by atoms with Crippen molar-refractivity contribution < 1.29 is 9.13 Å². The standard InChI is InChI=1S/C16H20BrFO/c1-11-6-5-7-12(15(11)18)19-14-10-13(17)16(14)8-3-2-4-9-16/h5-7,13-14H,2-4,8-10H2,1H3. The maximum atomic E-state index is 14.0. The van der Waals surface area contributed by atoms with Crippen LogP contribution in [0.15, 0.2) is 18.2 Å². The summed E-state index contributed by atoms with van der Waals surface area (Å²) in [6, 6.07) is 5.40. The molecule has 0 aromatic heterocycles. The highest BCUT2D eigenvalue weighted by Gasteiger charge is 2.55. The lowest BCUT2D eigenvalue weighted by molar-refractivity contribution is -0.0617. The summed E-state index contributed by atoms with van der Waals surface area (Å²) in [5.41, 5.74) is 0.902. The van der Waals surface area contributed by atoms with Crippen LogP contribution in [0.5, 0.6) is 5.75 Å². The lowest BCUT2D eigenvalue weighted by atomic mass is 9.58. The van der Waals surface area contributed by atoms with Crippen LogP contribution in [-0.4, -0.2) is 10.9 Å². The van der Waals surface area contributed by atoms with E-state index in [0.717, 1.165) is 6.42 Å². The Bertz CT molecular complexity index is 468. The predicted molar refractivity (Wildman–Crippen MR) is 78.4 cm³/mol. The first-order valence-corrected chi connectivity index (χ1v) is 8.11. The normalized spacial score (nSPS) is 29.0. The largest absolute Gasteiger partial charge is 0.487 e. The number of halogens is 2. The summed E-state index contributed by atoms with van der Waals surface area (Å²) in [5.74, 6) is 0.223. The zero-order valence-electron chi connectivity index (χ0n) is 11.3. The zero-order valence-corrected chi connectivity index (χ0v) is 12.9. The van der Waals surface area contributed by atoms with Crippen LogP contribution in [0.3, 0.4) is 0 Å². The van der Waals surface area contributed by atoms with Gasteiger partial charge in [0.1, 0.15) is 6.10 Å². The Morgan fingerprint density at radius 3 is 2.68 bits per heavy atom. The van der Waals surface area contributed by atoms with Crippen molar-refractivity contribution in [3.63, 3.8) is 0 Å². The number of rotatable bonds is 2. The Labute approximate surface area is 122 Å². The molecule has 0 radical (unpaired) electrons. The summed E-state index contributed by atoms with van der Waals surface area (Å²) in [7, 11) is 0. The topological polar surface area (TPSA) is 9.23 Å². The second-order valence-corrected chi connectivity index (χ2v) is 7.10. The van der Waals surface area contributed by atoms with Gasteiger partial charge in [0.15, 0.2) is 11.6 Å². The van der Waals surface area contributed by atoms with Crippen molar-refractivity contribution in [2.45, 2.75) is 56.4 Å². The second kappa shape index (κ2) is 5.08. The quantitative estimate of drug-likeness (QED) is 0.695. The summed E-state index contributed by atoms with van der Waals surface area (Å²) in [5, 5.41) is 0. The average Bonchev–Trinajstić information content (AvgIpc) is 2.44. The number of hydrogen-bond donors (Lipinski definition) is 0. The maximum Gasteiger partial charge on any atom is 0.167 e. The summed E-state index contributed by atoms with van der Waals surface area (Å²) < 4.78 is 20.1. The molecule has 104 valence electrons. The summed E-state index contributed by atoms with van der Waals surface area (Å²) in [6.45, 7) is 1.78. The third kappa shape index (κ3) is 2.20. The van der Waals surface area contributed by atoms with Crippen LogP contribution in [-0.2, 0) is 0 Å². The number of benzene rings is 1. The fourth-order valence-electron chi connectivity index (χ4n) is 3.57. The van der Waals surface area contributed by atoms with Crippen LogP contribution >= 0.6 is 15.9 Å². The minimum atomic E-state index is -0.202. The summed E-state index contributed by atoms with van der Waals surface area (Å²) in [4.78, 5) is 0.540. The number of aryl methyl sites for hydroxylation is 1. The fraction of sp³-hybridized carbons (Fsp3) is 0.625. The lowest BCUT2D eigenvalue weighted by Gasteiger charge is -2.55. The van der Waals surface area contributed by atoms with Crippen LogP contribution in [0, 0.1) is 18.2 Å². The molecule has 1 spiro atoms. The van der Waals surface area contributed by atoms with E-state index in [1.165, 1.54) is 32.1 Å². The zero-order chi connectivity index (χ0) is 13.5. The van der Waals surface area contributed by atoms with Crippen molar-refractivity contribution in [3.8, 4) is 5.75 Å². The van der Waals surface area contributed by atoms with Gasteiger partial charge in [0, 0.05) is 10.2 Å². The SMILES string of the molecule is Cc1cccc(OC2CC(Br)C23CCCCC3)c1F. The van der Waals surface area contributed by atoms with Gasteiger partial charge < -0.3 is 4.74 Å². The summed E-state index contributed by atoms with van der Waals surface area (Å²) in [6.07, 6.45) is 7.47. The molecule has 2 unspecified atom stereocenters. The van der Waals surface area contributed by atoms with Crippen LogP contribution in [0.2, 0.25) is 0 Å². The van der Waals surface area contributed by atoms with Crippen LogP contribution < -0.4 is 4.74 Å². The van der Waals surface area contributed by atoms with Crippen molar-refractivity contribution in [1.82, 2.24) is 0 Å². The molecule has 1 aromatic rings. The Morgan fingerprint density at radius 2 is 2.00 bits per heavy atom. The average molecular weight is 327 g/mol. The number of ether oxygens (including phenoxy) is 1. The molecule has 0 heterocycles. The molecule has 2 saturated carbocycles. The molecule has 0 amide bonds. The summed E-state index contributed by atoms with van der Waals surface area (Å²) >= 11 is 3.79. The number of alkyl halides is 1. The van der Waals surface area contributed by atoms with Gasteiger partial charge in [-0.1, -0.05) is 47.3 Å². The highest BCUT2D eigenvalue weighted by Crippen LogP contribution is 2.56. The minimum absolute atomic E-state index is 0.175. The molecule has 3 rings (SSSR count). The van der Waals surface area contributed by atoms with E-state index in [1.54, 1.807) is 19.1 Å². The van der Waals surface area contributed by atoms with E-state index in [4.69, 9.17) is 4.74 Å². The van der Waals surface area contributed by atoms with Gasteiger partial charge in [-0.25, -0.2) is 4.39 Å². The molecule has 0 N–H and O–H groups in total. The third-order valence-corrected chi connectivity index (χ3v) is 6.18. The first-order chi connectivity index (χ1) is 9.13. The van der Waals surface area contributed by atoms with Gasteiger partial charge in [-0.3, -0.25) is 0 Å². The van der Waals surface area contributed by atoms with Crippen molar-refractivity contribution in [2.75, 3.05) is 0 Å². The number of hydrogen-bond acceptors (Lipinski definition) is 1. The maximum absolute atomic E-state index is 14.0. The smallest absolute Gasteiger partial charge is 0.167 e. The van der Waals surface area contributed by atoms with E-state index in [2.05, 4.69) is 15.9 Å². The van der Waals surface area contributed by atoms with Gasteiger partial charge in [-0.05, 0) is 37.8 Å². The van der Waals surface area contributed by atoms with E-state index in [-0.39, 0.29) is 17.3 Å². The molecule has 2 atom stereocenters. The van der Waals surface area contributed by atoms with E-state index < -0.39 is 0 Å². The molecular weight excluding hydrogens is 307 g/mol. The van der Waals surface area contributed by atoms with Gasteiger partial charge in [-0.15, -0.1) is 0 Å². The molecule has 2 aliphatic carbocycles.